The fourth-order valence-corrected chi connectivity index (χ4v) is 2.96. The summed E-state index contributed by atoms with van der Waals surface area (Å²) >= 11 is 0. The van der Waals surface area contributed by atoms with Gasteiger partial charge in [0.15, 0.2) is 0 Å². The Kier molecular flexibility index (Phi) is 2.97. The van der Waals surface area contributed by atoms with Gasteiger partial charge in [-0.2, -0.15) is 0 Å². The lowest BCUT2D eigenvalue weighted by Gasteiger charge is -2.36. The maximum atomic E-state index is 2.47. The molecule has 0 bridgehead atoms. The minimum absolute atomic E-state index is 0.359. The average Bonchev–Trinajstić information content (AvgIpc) is 2.80. The second kappa shape index (κ2) is 4.65. The third kappa shape index (κ3) is 1.99. The molecule has 100 valence electrons. The zero-order chi connectivity index (χ0) is 13.4. The molecule has 3 rings (SSSR count). The van der Waals surface area contributed by atoms with Gasteiger partial charge in [0.05, 0.1) is 6.17 Å². The first kappa shape index (κ1) is 12.2. The molecule has 3 heteroatoms. The number of rotatable bonds is 1. The summed E-state index contributed by atoms with van der Waals surface area (Å²) in [6.07, 6.45) is 3.56. The first-order valence-corrected chi connectivity index (χ1v) is 6.87. The molecule has 1 atom stereocenters. The number of anilines is 2. The number of hydrogen-bond donors (Lipinski definition) is 0. The normalized spacial score (nSPS) is 19.2. The van der Waals surface area contributed by atoms with E-state index in [1.54, 1.807) is 0 Å². The Labute approximate surface area is 115 Å². The number of benzene rings is 1. The number of hydrogen-bond acceptors (Lipinski definition) is 2. The molecule has 0 amide bonds. The standard InChI is InChI=1S/C16H21N3/c1-13-18(3)15-8-5-4-7-14(15)10-12-19(13)16-9-6-11-17(16)2/h4-9,11,13H,10,12H2,1-3H3. The van der Waals surface area contributed by atoms with Crippen LogP contribution in [0.5, 0.6) is 0 Å². The van der Waals surface area contributed by atoms with E-state index < -0.39 is 0 Å². The van der Waals surface area contributed by atoms with E-state index >= 15 is 0 Å². The van der Waals surface area contributed by atoms with Crippen molar-refractivity contribution in [2.45, 2.75) is 19.5 Å². The fourth-order valence-electron chi connectivity index (χ4n) is 2.96. The van der Waals surface area contributed by atoms with Gasteiger partial charge < -0.3 is 14.4 Å². The summed E-state index contributed by atoms with van der Waals surface area (Å²) in [5.74, 6) is 1.28. The van der Waals surface area contributed by atoms with Crippen LogP contribution >= 0.6 is 0 Å². The van der Waals surface area contributed by atoms with Gasteiger partial charge in [-0.15, -0.1) is 0 Å². The van der Waals surface area contributed by atoms with Gasteiger partial charge in [-0.25, -0.2) is 0 Å². The maximum absolute atomic E-state index is 2.47. The Morgan fingerprint density at radius 3 is 2.58 bits per heavy atom. The molecule has 1 aliphatic heterocycles. The van der Waals surface area contributed by atoms with Crippen molar-refractivity contribution in [3.63, 3.8) is 0 Å². The lowest BCUT2D eigenvalue weighted by molar-refractivity contribution is 0.620. The van der Waals surface area contributed by atoms with Crippen LogP contribution < -0.4 is 9.80 Å². The minimum Gasteiger partial charge on any atom is -0.354 e. The molecule has 2 heterocycles. The number of aromatic nitrogens is 1. The zero-order valence-electron chi connectivity index (χ0n) is 11.9. The van der Waals surface area contributed by atoms with Crippen LogP contribution in [0, 0.1) is 0 Å². The largest absolute Gasteiger partial charge is 0.354 e. The average molecular weight is 255 g/mol. The van der Waals surface area contributed by atoms with E-state index in [0.717, 1.165) is 13.0 Å². The molecule has 0 saturated heterocycles. The molecule has 0 fully saturated rings. The van der Waals surface area contributed by atoms with Crippen molar-refractivity contribution in [2.24, 2.45) is 7.05 Å². The van der Waals surface area contributed by atoms with Crippen LogP contribution in [0.1, 0.15) is 12.5 Å². The van der Waals surface area contributed by atoms with Crippen LogP contribution in [0.4, 0.5) is 11.5 Å². The summed E-state index contributed by atoms with van der Waals surface area (Å²) in [5, 5.41) is 0. The van der Waals surface area contributed by atoms with Crippen LogP contribution in [0.25, 0.3) is 0 Å². The molecule has 19 heavy (non-hydrogen) atoms. The molecule has 0 saturated carbocycles. The molecule has 0 aliphatic carbocycles. The summed E-state index contributed by atoms with van der Waals surface area (Å²) in [7, 11) is 4.30. The first-order chi connectivity index (χ1) is 9.18. The summed E-state index contributed by atoms with van der Waals surface area (Å²) in [6, 6.07) is 13.0. The van der Waals surface area contributed by atoms with E-state index in [1.165, 1.54) is 17.1 Å². The third-order valence-corrected chi connectivity index (χ3v) is 4.22. The van der Waals surface area contributed by atoms with E-state index in [2.05, 4.69) is 78.0 Å². The van der Waals surface area contributed by atoms with Crippen molar-refractivity contribution in [3.05, 3.63) is 48.2 Å². The van der Waals surface area contributed by atoms with Gasteiger partial charge in [0, 0.05) is 32.5 Å². The van der Waals surface area contributed by atoms with E-state index in [0.29, 0.717) is 6.17 Å². The molecule has 1 aliphatic rings. The van der Waals surface area contributed by atoms with E-state index in [9.17, 15) is 0 Å². The smallest absolute Gasteiger partial charge is 0.109 e. The van der Waals surface area contributed by atoms with Crippen molar-refractivity contribution in [2.75, 3.05) is 23.4 Å². The van der Waals surface area contributed by atoms with E-state index in [-0.39, 0.29) is 0 Å². The lowest BCUT2D eigenvalue weighted by Crippen LogP contribution is -2.45. The van der Waals surface area contributed by atoms with Crippen LogP contribution in [0.2, 0.25) is 0 Å². The summed E-state index contributed by atoms with van der Waals surface area (Å²) < 4.78 is 2.19. The Balaban J connectivity index is 1.99. The Morgan fingerprint density at radius 1 is 1.05 bits per heavy atom. The van der Waals surface area contributed by atoms with Gasteiger partial charge in [0.1, 0.15) is 5.82 Å². The number of fused-ring (bicyclic) bond motifs is 1. The topological polar surface area (TPSA) is 11.4 Å². The van der Waals surface area contributed by atoms with Gasteiger partial charge in [0.2, 0.25) is 0 Å². The van der Waals surface area contributed by atoms with Crippen LogP contribution in [-0.2, 0) is 13.5 Å². The molecule has 1 aromatic carbocycles. The Bertz CT molecular complexity index is 573. The molecule has 2 aromatic rings. The van der Waals surface area contributed by atoms with Crippen LogP contribution in [0.3, 0.4) is 0 Å². The lowest BCUT2D eigenvalue weighted by atomic mass is 10.1. The van der Waals surface area contributed by atoms with Gasteiger partial charge in [-0.3, -0.25) is 0 Å². The molecule has 0 radical (unpaired) electrons. The number of aryl methyl sites for hydroxylation is 1. The van der Waals surface area contributed by atoms with Crippen molar-refractivity contribution < 1.29 is 0 Å². The monoisotopic (exact) mass is 255 g/mol. The van der Waals surface area contributed by atoms with E-state index in [1.807, 2.05) is 0 Å². The third-order valence-electron chi connectivity index (χ3n) is 4.22. The molecule has 3 nitrogen and oxygen atoms in total. The zero-order valence-corrected chi connectivity index (χ0v) is 11.9. The molecule has 1 unspecified atom stereocenters. The molecular weight excluding hydrogens is 234 g/mol. The highest BCUT2D eigenvalue weighted by molar-refractivity contribution is 5.58. The van der Waals surface area contributed by atoms with Gasteiger partial charge in [0.25, 0.3) is 0 Å². The second-order valence-corrected chi connectivity index (χ2v) is 5.29. The summed E-state index contributed by atoms with van der Waals surface area (Å²) in [5.41, 5.74) is 2.79. The number of para-hydroxylation sites is 1. The highest BCUT2D eigenvalue weighted by Crippen LogP contribution is 2.29. The SMILES string of the molecule is CC1N(C)c2ccccc2CCN1c1cccn1C. The Hall–Kier alpha value is -1.90. The fraction of sp³-hybridized carbons (Fsp3) is 0.375. The van der Waals surface area contributed by atoms with Gasteiger partial charge in [-0.05, 0) is 37.1 Å². The van der Waals surface area contributed by atoms with Crippen molar-refractivity contribution in [1.82, 2.24) is 4.57 Å². The summed E-state index contributed by atoms with van der Waals surface area (Å²) in [6.45, 7) is 3.33. The molecule has 0 N–H and O–H groups in total. The molecular formula is C16H21N3. The highest BCUT2D eigenvalue weighted by Gasteiger charge is 2.25. The van der Waals surface area contributed by atoms with Crippen LogP contribution in [0.15, 0.2) is 42.6 Å². The first-order valence-electron chi connectivity index (χ1n) is 6.87. The van der Waals surface area contributed by atoms with Gasteiger partial charge >= 0.3 is 0 Å². The second-order valence-electron chi connectivity index (χ2n) is 5.29. The predicted molar refractivity (Wildman–Crippen MR) is 80.8 cm³/mol. The van der Waals surface area contributed by atoms with E-state index in [4.69, 9.17) is 0 Å². The van der Waals surface area contributed by atoms with Crippen molar-refractivity contribution in [1.29, 1.82) is 0 Å². The predicted octanol–water partition coefficient (Wildman–Crippen LogP) is 2.87. The van der Waals surface area contributed by atoms with Crippen molar-refractivity contribution in [3.8, 4) is 0 Å². The maximum Gasteiger partial charge on any atom is 0.109 e. The quantitative estimate of drug-likeness (QED) is 0.776. The number of nitrogens with zero attached hydrogens (tertiary/aromatic N) is 3. The summed E-state index contributed by atoms with van der Waals surface area (Å²) in [4.78, 5) is 4.84. The Morgan fingerprint density at radius 2 is 1.84 bits per heavy atom. The van der Waals surface area contributed by atoms with Crippen LogP contribution in [-0.4, -0.2) is 24.3 Å². The van der Waals surface area contributed by atoms with Crippen molar-refractivity contribution >= 4 is 11.5 Å². The highest BCUT2D eigenvalue weighted by atomic mass is 15.4. The minimum atomic E-state index is 0.359. The molecule has 0 spiro atoms. The van der Waals surface area contributed by atoms with Gasteiger partial charge in [-0.1, -0.05) is 18.2 Å². The molecule has 1 aromatic heterocycles.